The highest BCUT2D eigenvalue weighted by Gasteiger charge is 1.76. The molecule has 2 heteroatoms. The van der Waals surface area contributed by atoms with E-state index in [9.17, 15) is 0 Å². The molecule has 0 amide bonds. The minimum atomic E-state index is 0.967. The molecule has 0 spiro atoms. The predicted octanol–water partition coefficient (Wildman–Crippen LogP) is 1.39. The summed E-state index contributed by atoms with van der Waals surface area (Å²) in [5.41, 5.74) is 0. The third-order valence-corrected chi connectivity index (χ3v) is 0.920. The van der Waals surface area contributed by atoms with Crippen molar-refractivity contribution in [2.45, 2.75) is 12.8 Å². The Labute approximate surface area is 50.3 Å². The molecule has 7 heavy (non-hydrogen) atoms. The second kappa shape index (κ2) is 6.05. The van der Waals surface area contributed by atoms with Crippen molar-refractivity contribution >= 4 is 12.8 Å². The van der Waals surface area contributed by atoms with E-state index in [1.807, 2.05) is 6.08 Å². The smallest absolute Gasteiger partial charge is 0.00591 e. The van der Waals surface area contributed by atoms with Gasteiger partial charge in [0.1, 0.15) is 0 Å². The number of thiol groups is 1. The van der Waals surface area contributed by atoms with Gasteiger partial charge in [-0.2, -0.15) is 0 Å². The molecule has 1 nitrogen and oxygen atoms in total. The summed E-state index contributed by atoms with van der Waals surface area (Å²) in [5.74, 6) is 0. The molecule has 0 fully saturated rings. The lowest BCUT2D eigenvalue weighted by Crippen LogP contribution is -1.98. The average molecular weight is 117 g/mol. The number of allylic oxidation sites excluding steroid dienone is 1. The monoisotopic (exact) mass is 117 g/mol. The van der Waals surface area contributed by atoms with Gasteiger partial charge in [0.15, 0.2) is 0 Å². The van der Waals surface area contributed by atoms with Gasteiger partial charge in [-0.3, -0.25) is 4.72 Å². The predicted molar refractivity (Wildman–Crippen MR) is 36.4 cm³/mol. The van der Waals surface area contributed by atoms with Gasteiger partial charge in [0.05, 0.1) is 0 Å². The highest BCUT2D eigenvalue weighted by molar-refractivity contribution is 7.78. The number of hydrogen-bond acceptors (Lipinski definition) is 2. The van der Waals surface area contributed by atoms with E-state index in [0.29, 0.717) is 0 Å². The normalized spacial score (nSPS) is 8.71. The van der Waals surface area contributed by atoms with Crippen LogP contribution in [0.1, 0.15) is 12.8 Å². The Hall–Kier alpha value is 0.0500. The first-order valence-electron chi connectivity index (χ1n) is 2.39. The standard InChI is InChI=1S/C5H11NS/c1-2-3-4-5-6-7/h2,6-7H,1,3-5H2. The topological polar surface area (TPSA) is 12.0 Å². The van der Waals surface area contributed by atoms with Crippen molar-refractivity contribution in [1.82, 2.24) is 4.72 Å². The minimum Gasteiger partial charge on any atom is -0.267 e. The fourth-order valence-corrected chi connectivity index (χ4v) is 0.484. The van der Waals surface area contributed by atoms with E-state index in [4.69, 9.17) is 0 Å². The molecule has 0 aliphatic carbocycles. The first-order valence-corrected chi connectivity index (χ1v) is 2.84. The zero-order valence-corrected chi connectivity index (χ0v) is 5.25. The molecule has 0 heterocycles. The van der Waals surface area contributed by atoms with E-state index in [2.05, 4.69) is 24.1 Å². The van der Waals surface area contributed by atoms with Crippen LogP contribution < -0.4 is 4.72 Å². The van der Waals surface area contributed by atoms with Crippen LogP contribution in [-0.4, -0.2) is 6.54 Å². The van der Waals surface area contributed by atoms with Gasteiger partial charge >= 0.3 is 0 Å². The van der Waals surface area contributed by atoms with Crippen molar-refractivity contribution in [2.24, 2.45) is 0 Å². The van der Waals surface area contributed by atoms with Gasteiger partial charge < -0.3 is 0 Å². The Morgan fingerprint density at radius 1 is 1.71 bits per heavy atom. The van der Waals surface area contributed by atoms with E-state index in [1.54, 1.807) is 0 Å². The van der Waals surface area contributed by atoms with Crippen LogP contribution in [0.15, 0.2) is 12.7 Å². The molecule has 42 valence electrons. The summed E-state index contributed by atoms with van der Waals surface area (Å²) in [6, 6.07) is 0. The van der Waals surface area contributed by atoms with E-state index in [-0.39, 0.29) is 0 Å². The Bertz CT molecular complexity index is 45.3. The van der Waals surface area contributed by atoms with Crippen molar-refractivity contribution in [1.29, 1.82) is 0 Å². The van der Waals surface area contributed by atoms with Gasteiger partial charge in [0, 0.05) is 6.54 Å². The zero-order chi connectivity index (χ0) is 5.54. The van der Waals surface area contributed by atoms with Crippen molar-refractivity contribution in [2.75, 3.05) is 6.54 Å². The third kappa shape index (κ3) is 6.05. The maximum Gasteiger partial charge on any atom is 0.00591 e. The molecular formula is C5H11NS. The van der Waals surface area contributed by atoms with Crippen LogP contribution in [-0.2, 0) is 0 Å². The number of hydrogen-bond donors (Lipinski definition) is 2. The van der Waals surface area contributed by atoms with Crippen molar-refractivity contribution < 1.29 is 0 Å². The van der Waals surface area contributed by atoms with Crippen molar-refractivity contribution in [3.8, 4) is 0 Å². The van der Waals surface area contributed by atoms with E-state index in [1.165, 1.54) is 0 Å². The first-order chi connectivity index (χ1) is 3.41. The SMILES string of the molecule is C=CCCCNS. The van der Waals surface area contributed by atoms with Crippen LogP contribution in [0, 0.1) is 0 Å². The Morgan fingerprint density at radius 2 is 2.43 bits per heavy atom. The van der Waals surface area contributed by atoms with Crippen LogP contribution in [0.5, 0.6) is 0 Å². The highest BCUT2D eigenvalue weighted by Crippen LogP contribution is 1.85. The maximum absolute atomic E-state index is 3.81. The molecule has 0 saturated heterocycles. The Balaban J connectivity index is 2.56. The summed E-state index contributed by atoms with van der Waals surface area (Å²) < 4.78 is 2.75. The summed E-state index contributed by atoms with van der Waals surface area (Å²) in [6.45, 7) is 4.55. The second-order valence-corrected chi connectivity index (χ2v) is 1.66. The lowest BCUT2D eigenvalue weighted by atomic mass is 10.3. The van der Waals surface area contributed by atoms with Crippen LogP contribution in [0.2, 0.25) is 0 Å². The van der Waals surface area contributed by atoms with Crippen LogP contribution in [0.4, 0.5) is 0 Å². The molecule has 0 aliphatic rings. The Morgan fingerprint density at radius 3 is 2.86 bits per heavy atom. The molecule has 0 aromatic carbocycles. The maximum atomic E-state index is 3.81. The van der Waals surface area contributed by atoms with Gasteiger partial charge in [-0.1, -0.05) is 18.9 Å². The van der Waals surface area contributed by atoms with Crippen LogP contribution in [0.25, 0.3) is 0 Å². The molecule has 0 unspecified atom stereocenters. The first kappa shape index (κ1) is 7.05. The fourth-order valence-electron chi connectivity index (χ4n) is 0.325. The van der Waals surface area contributed by atoms with Crippen molar-refractivity contribution in [3.05, 3.63) is 12.7 Å². The van der Waals surface area contributed by atoms with Crippen LogP contribution in [0.3, 0.4) is 0 Å². The quantitative estimate of drug-likeness (QED) is 0.322. The molecule has 0 bridgehead atoms. The summed E-state index contributed by atoms with van der Waals surface area (Å²) in [4.78, 5) is 0. The lowest BCUT2D eigenvalue weighted by molar-refractivity contribution is 0.820. The second-order valence-electron chi connectivity index (χ2n) is 1.34. The number of unbranched alkanes of at least 4 members (excludes halogenated alkanes) is 1. The average Bonchev–Trinajstić information content (AvgIpc) is 1.69. The molecular weight excluding hydrogens is 106 g/mol. The fraction of sp³-hybridized carbons (Fsp3) is 0.600. The molecule has 0 rings (SSSR count). The molecule has 0 aromatic heterocycles. The minimum absolute atomic E-state index is 0.967. The highest BCUT2D eigenvalue weighted by atomic mass is 32.1. The molecule has 0 aromatic rings. The van der Waals surface area contributed by atoms with E-state index >= 15 is 0 Å². The number of rotatable bonds is 4. The summed E-state index contributed by atoms with van der Waals surface area (Å²) >= 11 is 3.81. The van der Waals surface area contributed by atoms with Gasteiger partial charge in [-0.25, -0.2) is 0 Å². The molecule has 1 N–H and O–H groups in total. The van der Waals surface area contributed by atoms with Gasteiger partial charge in [-0.15, -0.1) is 6.58 Å². The van der Waals surface area contributed by atoms with Gasteiger partial charge in [-0.05, 0) is 12.8 Å². The molecule has 0 aliphatic heterocycles. The number of nitrogens with one attached hydrogen (secondary N) is 1. The third-order valence-electron chi connectivity index (χ3n) is 0.697. The van der Waals surface area contributed by atoms with E-state index in [0.717, 1.165) is 19.4 Å². The summed E-state index contributed by atoms with van der Waals surface area (Å²) in [5, 5.41) is 0. The van der Waals surface area contributed by atoms with Gasteiger partial charge in [0.25, 0.3) is 0 Å². The van der Waals surface area contributed by atoms with Gasteiger partial charge in [0.2, 0.25) is 0 Å². The lowest BCUT2D eigenvalue weighted by Gasteiger charge is -1.90. The largest absolute Gasteiger partial charge is 0.267 e. The molecule has 0 saturated carbocycles. The molecule has 0 atom stereocenters. The summed E-state index contributed by atoms with van der Waals surface area (Å²) in [7, 11) is 0. The zero-order valence-electron chi connectivity index (χ0n) is 4.35. The van der Waals surface area contributed by atoms with E-state index < -0.39 is 0 Å². The molecule has 0 radical (unpaired) electrons. The summed E-state index contributed by atoms with van der Waals surface area (Å²) in [6.07, 6.45) is 4.12. The van der Waals surface area contributed by atoms with Crippen molar-refractivity contribution in [3.63, 3.8) is 0 Å². The van der Waals surface area contributed by atoms with Crippen LogP contribution >= 0.6 is 12.8 Å². The Kier molecular flexibility index (Phi) is 6.09.